The number of carboxylic acids is 1. The topological polar surface area (TPSA) is 70.1 Å². The molecule has 3 atom stereocenters. The van der Waals surface area contributed by atoms with E-state index < -0.39 is 23.1 Å². The molecular formula is C26H35F3N2O4. The van der Waals surface area contributed by atoms with E-state index in [1.165, 1.54) is 6.07 Å². The van der Waals surface area contributed by atoms with Gasteiger partial charge in [-0.2, -0.15) is 13.2 Å². The number of carbonyl (C=O) groups excluding carboxylic acids is 1. The van der Waals surface area contributed by atoms with E-state index in [1.807, 2.05) is 13.8 Å². The van der Waals surface area contributed by atoms with Gasteiger partial charge < -0.3 is 14.7 Å². The third-order valence-electron chi connectivity index (χ3n) is 8.30. The zero-order valence-electron chi connectivity index (χ0n) is 20.4. The number of benzene rings is 1. The highest BCUT2D eigenvalue weighted by Crippen LogP contribution is 2.49. The fourth-order valence-corrected chi connectivity index (χ4v) is 6.27. The van der Waals surface area contributed by atoms with E-state index >= 15 is 0 Å². The molecule has 2 heterocycles. The molecule has 1 N–H and O–H groups in total. The van der Waals surface area contributed by atoms with Crippen LogP contribution in [-0.2, 0) is 22.3 Å². The third-order valence-corrected chi connectivity index (χ3v) is 8.30. The number of carbonyl (C=O) groups is 2. The quantitative estimate of drug-likeness (QED) is 0.579. The van der Waals surface area contributed by atoms with Crippen LogP contribution in [0, 0.1) is 11.3 Å². The molecule has 2 aliphatic heterocycles. The molecule has 0 bridgehead atoms. The zero-order valence-corrected chi connectivity index (χ0v) is 20.4. The lowest BCUT2D eigenvalue weighted by Gasteiger charge is -2.42. The standard InChI is InChI=1S/C26H35F3N2O4/c1-17(2)25(11-10-21(14-25)31-12-4-3-5-20(31)7-9-23(32)33)24(34)30-15-18-13-19(26(27,28)29)6-8-22(18)35-16-30/h6,8,13,17,20-21H,3-5,7,9-12,14-16H2,1-2H3,(H,32,33)/t20?,21-,25+/m1/s1. The lowest BCUT2D eigenvalue weighted by Crippen LogP contribution is -2.50. The van der Waals surface area contributed by atoms with Crippen molar-refractivity contribution >= 4 is 11.9 Å². The summed E-state index contributed by atoms with van der Waals surface area (Å²) in [5, 5.41) is 9.16. The molecule has 4 rings (SSSR count). The fourth-order valence-electron chi connectivity index (χ4n) is 6.27. The van der Waals surface area contributed by atoms with Crippen molar-refractivity contribution in [1.29, 1.82) is 0 Å². The SMILES string of the molecule is CC(C)[C@]1(C(=O)N2COc3ccc(C(F)(F)F)cc3C2)CC[C@@H](N2CCCCC2CCC(=O)O)C1. The molecule has 194 valence electrons. The monoisotopic (exact) mass is 496 g/mol. The summed E-state index contributed by atoms with van der Waals surface area (Å²) in [5.74, 6) is -0.394. The van der Waals surface area contributed by atoms with Gasteiger partial charge in [-0.1, -0.05) is 20.3 Å². The summed E-state index contributed by atoms with van der Waals surface area (Å²) in [5.41, 5.74) is -0.981. The molecule has 3 aliphatic rings. The van der Waals surface area contributed by atoms with Crippen LogP contribution in [0.15, 0.2) is 18.2 Å². The van der Waals surface area contributed by atoms with Gasteiger partial charge in [-0.25, -0.2) is 0 Å². The number of hydrogen-bond donors (Lipinski definition) is 1. The van der Waals surface area contributed by atoms with Crippen molar-refractivity contribution in [2.45, 2.75) is 90.0 Å². The molecule has 1 aromatic carbocycles. The number of nitrogens with zero attached hydrogens (tertiary/aromatic N) is 2. The molecule has 1 saturated heterocycles. The Morgan fingerprint density at radius 3 is 2.69 bits per heavy atom. The lowest BCUT2D eigenvalue weighted by atomic mass is 9.74. The number of rotatable bonds is 6. The molecule has 2 fully saturated rings. The summed E-state index contributed by atoms with van der Waals surface area (Å²) in [6, 6.07) is 3.84. The van der Waals surface area contributed by atoms with E-state index in [0.717, 1.165) is 44.4 Å². The van der Waals surface area contributed by atoms with Gasteiger partial charge in [0.2, 0.25) is 5.91 Å². The Hall–Kier alpha value is -2.29. The lowest BCUT2D eigenvalue weighted by molar-refractivity contribution is -0.150. The van der Waals surface area contributed by atoms with Crippen molar-refractivity contribution in [1.82, 2.24) is 9.80 Å². The van der Waals surface area contributed by atoms with Gasteiger partial charge in [0.25, 0.3) is 0 Å². The molecular weight excluding hydrogens is 461 g/mol. The van der Waals surface area contributed by atoms with Crippen LogP contribution in [-0.4, -0.2) is 52.1 Å². The molecule has 1 aromatic rings. The second kappa shape index (κ2) is 9.99. The number of carboxylic acid groups (broad SMARTS) is 1. The number of likely N-dealkylation sites (tertiary alicyclic amines) is 1. The van der Waals surface area contributed by atoms with Gasteiger partial charge >= 0.3 is 12.1 Å². The van der Waals surface area contributed by atoms with Crippen molar-refractivity contribution in [3.63, 3.8) is 0 Å². The number of halogens is 3. The largest absolute Gasteiger partial charge is 0.481 e. The van der Waals surface area contributed by atoms with Gasteiger partial charge in [0.05, 0.1) is 17.5 Å². The van der Waals surface area contributed by atoms with E-state index in [1.54, 1.807) is 4.90 Å². The Balaban J connectivity index is 1.51. The summed E-state index contributed by atoms with van der Waals surface area (Å²) >= 11 is 0. The Kier molecular flexibility index (Phi) is 7.36. The molecule has 0 radical (unpaired) electrons. The van der Waals surface area contributed by atoms with E-state index in [-0.39, 0.29) is 43.6 Å². The predicted molar refractivity (Wildman–Crippen MR) is 124 cm³/mol. The second-order valence-electron chi connectivity index (χ2n) is 10.6. The van der Waals surface area contributed by atoms with Crippen molar-refractivity contribution in [2.24, 2.45) is 11.3 Å². The minimum Gasteiger partial charge on any atom is -0.481 e. The number of aliphatic carboxylic acids is 1. The van der Waals surface area contributed by atoms with Gasteiger partial charge in [-0.3, -0.25) is 14.5 Å². The molecule has 1 unspecified atom stereocenters. The highest BCUT2D eigenvalue weighted by molar-refractivity contribution is 5.83. The van der Waals surface area contributed by atoms with E-state index in [4.69, 9.17) is 9.84 Å². The Morgan fingerprint density at radius 2 is 2.00 bits per heavy atom. The van der Waals surface area contributed by atoms with Crippen molar-refractivity contribution < 1.29 is 32.6 Å². The Labute approximate surface area is 204 Å². The normalized spacial score (nSPS) is 27.5. The number of piperidine rings is 1. The van der Waals surface area contributed by atoms with Crippen LogP contribution in [0.2, 0.25) is 0 Å². The maximum atomic E-state index is 13.9. The highest BCUT2D eigenvalue weighted by atomic mass is 19.4. The van der Waals surface area contributed by atoms with Crippen molar-refractivity contribution in [3.8, 4) is 5.75 Å². The van der Waals surface area contributed by atoms with Crippen molar-refractivity contribution in [3.05, 3.63) is 29.3 Å². The van der Waals surface area contributed by atoms with Crippen LogP contribution in [0.5, 0.6) is 5.75 Å². The van der Waals surface area contributed by atoms with Gasteiger partial charge in [-0.05, 0) is 69.2 Å². The first-order chi connectivity index (χ1) is 16.5. The third kappa shape index (κ3) is 5.29. The van der Waals surface area contributed by atoms with E-state index in [0.29, 0.717) is 30.6 Å². The molecule has 1 saturated carbocycles. The van der Waals surface area contributed by atoms with Gasteiger partial charge in [0, 0.05) is 24.1 Å². The average Bonchev–Trinajstić information content (AvgIpc) is 3.28. The molecule has 35 heavy (non-hydrogen) atoms. The maximum Gasteiger partial charge on any atom is 0.416 e. The molecule has 0 aromatic heterocycles. The van der Waals surface area contributed by atoms with Crippen LogP contribution >= 0.6 is 0 Å². The Morgan fingerprint density at radius 1 is 1.23 bits per heavy atom. The van der Waals surface area contributed by atoms with Crippen LogP contribution in [0.25, 0.3) is 0 Å². The predicted octanol–water partition coefficient (Wildman–Crippen LogP) is 5.30. The summed E-state index contributed by atoms with van der Waals surface area (Å²) in [6.45, 7) is 5.12. The number of amides is 1. The maximum absolute atomic E-state index is 13.9. The fraction of sp³-hybridized carbons (Fsp3) is 0.692. The number of fused-ring (bicyclic) bond motifs is 1. The minimum absolute atomic E-state index is 0.0291. The van der Waals surface area contributed by atoms with Crippen LogP contribution in [0.4, 0.5) is 13.2 Å². The number of alkyl halides is 3. The van der Waals surface area contributed by atoms with Crippen LogP contribution < -0.4 is 4.74 Å². The number of ether oxygens (including phenoxy) is 1. The summed E-state index contributed by atoms with van der Waals surface area (Å²) in [4.78, 5) is 29.0. The summed E-state index contributed by atoms with van der Waals surface area (Å²) in [7, 11) is 0. The average molecular weight is 497 g/mol. The van der Waals surface area contributed by atoms with Gasteiger partial charge in [0.15, 0.2) is 6.73 Å². The number of hydrogen-bond acceptors (Lipinski definition) is 4. The highest BCUT2D eigenvalue weighted by Gasteiger charge is 2.51. The molecule has 9 heteroatoms. The van der Waals surface area contributed by atoms with Gasteiger partial charge in [-0.15, -0.1) is 0 Å². The second-order valence-corrected chi connectivity index (χ2v) is 10.6. The smallest absolute Gasteiger partial charge is 0.416 e. The summed E-state index contributed by atoms with van der Waals surface area (Å²) in [6.07, 6.45) is 1.69. The van der Waals surface area contributed by atoms with Gasteiger partial charge in [0.1, 0.15) is 5.75 Å². The van der Waals surface area contributed by atoms with Crippen LogP contribution in [0.3, 0.4) is 0 Å². The Bertz CT molecular complexity index is 951. The first-order valence-corrected chi connectivity index (χ1v) is 12.6. The molecule has 1 amide bonds. The van der Waals surface area contributed by atoms with Crippen LogP contribution in [0.1, 0.15) is 76.3 Å². The minimum atomic E-state index is -4.45. The zero-order chi connectivity index (χ0) is 25.4. The van der Waals surface area contributed by atoms with E-state index in [9.17, 15) is 22.8 Å². The first-order valence-electron chi connectivity index (χ1n) is 12.6. The molecule has 6 nitrogen and oxygen atoms in total. The molecule has 1 aliphatic carbocycles. The summed E-state index contributed by atoms with van der Waals surface area (Å²) < 4.78 is 45.3. The molecule has 0 spiro atoms. The first kappa shape index (κ1) is 25.8. The van der Waals surface area contributed by atoms with Crippen molar-refractivity contribution in [2.75, 3.05) is 13.3 Å². The van der Waals surface area contributed by atoms with E-state index in [2.05, 4.69) is 4.90 Å².